The second kappa shape index (κ2) is 8.52. The molecule has 1 saturated heterocycles. The van der Waals surface area contributed by atoms with E-state index in [1.165, 1.54) is 12.5 Å². The lowest BCUT2D eigenvalue weighted by Gasteiger charge is -2.27. The molecule has 0 atom stereocenters. The molecule has 1 aliphatic heterocycles. The maximum absolute atomic E-state index is 11.6. The van der Waals surface area contributed by atoms with Crippen LogP contribution in [0.3, 0.4) is 0 Å². The van der Waals surface area contributed by atoms with Crippen LogP contribution in [0.5, 0.6) is 5.75 Å². The largest absolute Gasteiger partial charge is 0.503 e. The van der Waals surface area contributed by atoms with Gasteiger partial charge in [-0.1, -0.05) is 6.42 Å². The number of rotatable bonds is 3. The Hall–Kier alpha value is -0.750. The minimum atomic E-state index is -0.413. The zero-order valence-electron chi connectivity index (χ0n) is 11.5. The fourth-order valence-electron chi connectivity index (χ4n) is 2.45. The molecule has 0 amide bonds. The Balaban J connectivity index is 0.00000180. The third kappa shape index (κ3) is 4.12. The van der Waals surface area contributed by atoms with Gasteiger partial charge in [0.2, 0.25) is 5.43 Å². The first kappa shape index (κ1) is 19.2. The number of likely N-dealkylation sites (tertiary alicyclic amines) is 1. The van der Waals surface area contributed by atoms with Gasteiger partial charge in [-0.15, -0.1) is 24.8 Å². The number of halogens is 2. The normalized spacial score (nSPS) is 15.3. The number of nitrogens with zero attached hydrogens (tertiary/aromatic N) is 2. The monoisotopic (exact) mass is 324 g/mol. The molecule has 0 aliphatic carbocycles. The highest BCUT2D eigenvalue weighted by Gasteiger charge is 2.17. The van der Waals surface area contributed by atoms with E-state index in [-0.39, 0.29) is 37.2 Å². The first-order chi connectivity index (χ1) is 8.63. The molecular weight excluding hydrogens is 303 g/mol. The molecule has 0 unspecified atom stereocenters. The Labute approximate surface area is 131 Å². The SMILES string of the molecule is Cl.Cl.Cn1c(CO)cc(=O)c(O)c1CN1CCCCC1. The van der Waals surface area contributed by atoms with Crippen molar-refractivity contribution in [1.82, 2.24) is 9.47 Å². The van der Waals surface area contributed by atoms with E-state index in [9.17, 15) is 15.0 Å². The van der Waals surface area contributed by atoms with Crippen molar-refractivity contribution in [2.45, 2.75) is 32.4 Å². The molecule has 0 spiro atoms. The van der Waals surface area contributed by atoms with Gasteiger partial charge in [-0.3, -0.25) is 9.69 Å². The van der Waals surface area contributed by atoms with E-state index >= 15 is 0 Å². The third-order valence-corrected chi connectivity index (χ3v) is 3.62. The summed E-state index contributed by atoms with van der Waals surface area (Å²) in [4.78, 5) is 13.9. The van der Waals surface area contributed by atoms with E-state index in [1.54, 1.807) is 11.6 Å². The van der Waals surface area contributed by atoms with E-state index in [4.69, 9.17) is 0 Å². The fourth-order valence-corrected chi connectivity index (χ4v) is 2.45. The van der Waals surface area contributed by atoms with Gasteiger partial charge in [0.25, 0.3) is 0 Å². The van der Waals surface area contributed by atoms with E-state index < -0.39 is 5.43 Å². The van der Waals surface area contributed by atoms with Gasteiger partial charge < -0.3 is 14.8 Å². The zero-order valence-corrected chi connectivity index (χ0v) is 13.2. The van der Waals surface area contributed by atoms with Crippen LogP contribution >= 0.6 is 24.8 Å². The molecule has 1 aromatic heterocycles. The van der Waals surface area contributed by atoms with Crippen LogP contribution in [-0.2, 0) is 20.2 Å². The van der Waals surface area contributed by atoms with Gasteiger partial charge in [-0.2, -0.15) is 0 Å². The molecule has 2 rings (SSSR count). The smallest absolute Gasteiger partial charge is 0.223 e. The fraction of sp³-hybridized carbons (Fsp3) is 0.615. The average Bonchev–Trinajstić information content (AvgIpc) is 2.40. The Morgan fingerprint density at radius 1 is 1.20 bits per heavy atom. The number of hydrogen-bond acceptors (Lipinski definition) is 4. The minimum Gasteiger partial charge on any atom is -0.503 e. The molecule has 116 valence electrons. The Kier molecular flexibility index (Phi) is 8.20. The summed E-state index contributed by atoms with van der Waals surface area (Å²) in [5.41, 5.74) is 0.711. The van der Waals surface area contributed by atoms with Crippen LogP contribution in [0.25, 0.3) is 0 Å². The van der Waals surface area contributed by atoms with E-state index in [0.29, 0.717) is 17.9 Å². The van der Waals surface area contributed by atoms with Crippen molar-refractivity contribution in [3.8, 4) is 5.75 Å². The lowest BCUT2D eigenvalue weighted by Crippen LogP contribution is -2.31. The van der Waals surface area contributed by atoms with Gasteiger partial charge >= 0.3 is 0 Å². The van der Waals surface area contributed by atoms with Crippen LogP contribution < -0.4 is 5.43 Å². The molecule has 0 bridgehead atoms. The van der Waals surface area contributed by atoms with Crippen LogP contribution in [0.15, 0.2) is 10.9 Å². The molecule has 2 heterocycles. The highest BCUT2D eigenvalue weighted by atomic mass is 35.5. The summed E-state index contributed by atoms with van der Waals surface area (Å²) in [6.07, 6.45) is 3.57. The Morgan fingerprint density at radius 3 is 2.35 bits per heavy atom. The molecule has 2 N–H and O–H groups in total. The van der Waals surface area contributed by atoms with Crippen LogP contribution in [0.2, 0.25) is 0 Å². The third-order valence-electron chi connectivity index (χ3n) is 3.62. The van der Waals surface area contributed by atoms with Crippen molar-refractivity contribution < 1.29 is 10.2 Å². The summed E-state index contributed by atoms with van der Waals surface area (Å²) in [6, 6.07) is 1.29. The number of aliphatic hydroxyl groups is 1. The summed E-state index contributed by atoms with van der Waals surface area (Å²) in [6.45, 7) is 2.36. The Bertz CT molecular complexity index is 485. The minimum absolute atomic E-state index is 0. The highest BCUT2D eigenvalue weighted by molar-refractivity contribution is 5.85. The number of aromatic hydroxyl groups is 1. The summed E-state index contributed by atoms with van der Waals surface area (Å²) >= 11 is 0. The van der Waals surface area contributed by atoms with Crippen LogP contribution in [-0.4, -0.2) is 32.8 Å². The molecule has 0 saturated carbocycles. The maximum atomic E-state index is 11.6. The van der Waals surface area contributed by atoms with Gasteiger partial charge in [0, 0.05) is 25.4 Å². The van der Waals surface area contributed by atoms with Crippen molar-refractivity contribution in [3.63, 3.8) is 0 Å². The van der Waals surface area contributed by atoms with Crippen molar-refractivity contribution >= 4 is 24.8 Å². The number of piperidine rings is 1. The van der Waals surface area contributed by atoms with E-state index in [1.807, 2.05) is 0 Å². The van der Waals surface area contributed by atoms with Gasteiger partial charge in [-0.05, 0) is 25.9 Å². The molecule has 5 nitrogen and oxygen atoms in total. The maximum Gasteiger partial charge on any atom is 0.223 e. The van der Waals surface area contributed by atoms with Crippen molar-refractivity contribution in [2.75, 3.05) is 13.1 Å². The molecule has 20 heavy (non-hydrogen) atoms. The average molecular weight is 325 g/mol. The van der Waals surface area contributed by atoms with Crippen molar-refractivity contribution in [2.24, 2.45) is 7.05 Å². The molecule has 0 radical (unpaired) electrons. The predicted molar refractivity (Wildman–Crippen MR) is 82.9 cm³/mol. The Morgan fingerprint density at radius 2 is 1.80 bits per heavy atom. The molecule has 1 aliphatic rings. The first-order valence-corrected chi connectivity index (χ1v) is 6.37. The van der Waals surface area contributed by atoms with E-state index in [2.05, 4.69) is 4.90 Å². The van der Waals surface area contributed by atoms with Gasteiger partial charge in [-0.25, -0.2) is 0 Å². The summed E-state index contributed by atoms with van der Waals surface area (Å²) in [7, 11) is 1.77. The molecular formula is C13H22Cl2N2O3. The lowest BCUT2D eigenvalue weighted by molar-refractivity contribution is 0.210. The summed E-state index contributed by atoms with van der Waals surface area (Å²) in [5, 5.41) is 19.1. The van der Waals surface area contributed by atoms with Gasteiger partial charge in [0.05, 0.1) is 12.3 Å². The number of hydrogen-bond donors (Lipinski definition) is 2. The molecule has 0 aromatic carbocycles. The standard InChI is InChI=1S/C13H20N2O3.2ClH/c1-14-10(9-16)7-12(17)13(18)11(14)8-15-5-3-2-4-6-15;;/h7,16,18H,2-6,8-9H2,1H3;2*1H. The lowest BCUT2D eigenvalue weighted by atomic mass is 10.1. The van der Waals surface area contributed by atoms with Gasteiger partial charge in [0.15, 0.2) is 5.75 Å². The highest BCUT2D eigenvalue weighted by Crippen LogP contribution is 2.18. The molecule has 1 fully saturated rings. The summed E-state index contributed by atoms with van der Waals surface area (Å²) in [5.74, 6) is -0.194. The number of aliphatic hydroxyl groups excluding tert-OH is 1. The van der Waals surface area contributed by atoms with Crippen LogP contribution in [0, 0.1) is 0 Å². The summed E-state index contributed by atoms with van der Waals surface area (Å²) < 4.78 is 1.71. The van der Waals surface area contributed by atoms with E-state index in [0.717, 1.165) is 25.9 Å². The second-order valence-electron chi connectivity index (χ2n) is 4.85. The van der Waals surface area contributed by atoms with Crippen molar-refractivity contribution in [1.29, 1.82) is 0 Å². The quantitative estimate of drug-likeness (QED) is 0.882. The molecule has 1 aromatic rings. The number of aromatic nitrogens is 1. The predicted octanol–water partition coefficient (Wildman–Crippen LogP) is 1.41. The van der Waals surface area contributed by atoms with Crippen LogP contribution in [0.4, 0.5) is 0 Å². The second-order valence-corrected chi connectivity index (χ2v) is 4.85. The topological polar surface area (TPSA) is 65.7 Å². The first-order valence-electron chi connectivity index (χ1n) is 6.37. The zero-order chi connectivity index (χ0) is 13.1. The van der Waals surface area contributed by atoms with Crippen LogP contribution in [0.1, 0.15) is 30.7 Å². The number of pyridine rings is 1. The molecule has 7 heteroatoms. The van der Waals surface area contributed by atoms with Gasteiger partial charge in [0.1, 0.15) is 0 Å². The van der Waals surface area contributed by atoms with Crippen molar-refractivity contribution in [3.05, 3.63) is 27.7 Å².